The average molecular weight is 297 g/mol. The van der Waals surface area contributed by atoms with E-state index in [4.69, 9.17) is 0 Å². The van der Waals surface area contributed by atoms with Gasteiger partial charge in [-0.25, -0.2) is 0 Å². The summed E-state index contributed by atoms with van der Waals surface area (Å²) in [6, 6.07) is 7.95. The lowest BCUT2D eigenvalue weighted by Crippen LogP contribution is -2.19. The maximum Gasteiger partial charge on any atom is 0.311 e. The highest BCUT2D eigenvalue weighted by molar-refractivity contribution is 9.08. The van der Waals surface area contributed by atoms with E-state index in [1.165, 1.54) is 18.4 Å². The van der Waals surface area contributed by atoms with Crippen LogP contribution >= 0.6 is 15.9 Å². The van der Waals surface area contributed by atoms with Gasteiger partial charge in [0.25, 0.3) is 0 Å². The monoisotopic (exact) mass is 296 g/mol. The van der Waals surface area contributed by atoms with Crippen LogP contribution in [0.3, 0.4) is 0 Å². The fourth-order valence-corrected chi connectivity index (χ4v) is 3.09. The molecule has 0 aromatic heterocycles. The summed E-state index contributed by atoms with van der Waals surface area (Å²) in [5.41, 5.74) is 2.14. The van der Waals surface area contributed by atoms with Crippen molar-refractivity contribution in [2.75, 3.05) is 0 Å². The number of carboxylic acids is 1. The fourth-order valence-electron chi connectivity index (χ4n) is 2.72. The fraction of sp³-hybridized carbons (Fsp3) is 0.500. The van der Waals surface area contributed by atoms with Crippen molar-refractivity contribution in [2.45, 2.75) is 36.9 Å². The van der Waals surface area contributed by atoms with Crippen LogP contribution in [-0.2, 0) is 10.1 Å². The van der Waals surface area contributed by atoms with E-state index in [-0.39, 0.29) is 5.92 Å². The molecule has 1 saturated carbocycles. The second-order valence-corrected chi connectivity index (χ2v) is 5.30. The second kappa shape index (κ2) is 5.67. The SMILES string of the molecule is O=C(O)[C@H](c1ccc(CBr)cc1)C1CCCC1. The molecule has 0 amide bonds. The number of carboxylic acid groups (broad SMARTS) is 1. The molecule has 2 rings (SSSR count). The van der Waals surface area contributed by atoms with Crippen molar-refractivity contribution in [1.82, 2.24) is 0 Å². The van der Waals surface area contributed by atoms with Gasteiger partial charge >= 0.3 is 5.97 Å². The van der Waals surface area contributed by atoms with E-state index in [9.17, 15) is 9.90 Å². The summed E-state index contributed by atoms with van der Waals surface area (Å²) in [4.78, 5) is 11.4. The van der Waals surface area contributed by atoms with E-state index in [0.29, 0.717) is 5.92 Å². The van der Waals surface area contributed by atoms with E-state index >= 15 is 0 Å². The van der Waals surface area contributed by atoms with E-state index in [1.54, 1.807) is 0 Å². The highest BCUT2D eigenvalue weighted by Crippen LogP contribution is 2.37. The van der Waals surface area contributed by atoms with Crippen molar-refractivity contribution >= 4 is 21.9 Å². The lowest BCUT2D eigenvalue weighted by molar-refractivity contribution is -0.140. The smallest absolute Gasteiger partial charge is 0.311 e. The van der Waals surface area contributed by atoms with E-state index in [1.807, 2.05) is 24.3 Å². The number of aliphatic carboxylic acids is 1. The minimum absolute atomic E-state index is 0.318. The first-order valence-electron chi connectivity index (χ1n) is 6.10. The maximum atomic E-state index is 11.4. The molecule has 2 nitrogen and oxygen atoms in total. The molecule has 1 fully saturated rings. The zero-order valence-corrected chi connectivity index (χ0v) is 11.3. The largest absolute Gasteiger partial charge is 0.481 e. The number of rotatable bonds is 4. The lowest BCUT2D eigenvalue weighted by Gasteiger charge is -2.19. The number of halogens is 1. The first-order valence-corrected chi connectivity index (χ1v) is 7.22. The second-order valence-electron chi connectivity index (χ2n) is 4.74. The van der Waals surface area contributed by atoms with E-state index in [2.05, 4.69) is 15.9 Å². The quantitative estimate of drug-likeness (QED) is 0.855. The molecule has 1 N–H and O–H groups in total. The summed E-state index contributed by atoms with van der Waals surface area (Å²) >= 11 is 3.40. The third-order valence-electron chi connectivity index (χ3n) is 3.63. The molecule has 1 aliphatic carbocycles. The predicted octanol–water partition coefficient (Wildman–Crippen LogP) is 3.94. The topological polar surface area (TPSA) is 37.3 Å². The Balaban J connectivity index is 2.22. The first kappa shape index (κ1) is 12.6. The van der Waals surface area contributed by atoms with Crippen LogP contribution in [0.4, 0.5) is 0 Å². The molecule has 17 heavy (non-hydrogen) atoms. The molecular formula is C14H17BrO2. The molecule has 0 aliphatic heterocycles. The van der Waals surface area contributed by atoms with Gasteiger partial charge in [0.1, 0.15) is 0 Å². The van der Waals surface area contributed by atoms with Crippen LogP contribution in [0.25, 0.3) is 0 Å². The van der Waals surface area contributed by atoms with Crippen molar-refractivity contribution in [2.24, 2.45) is 5.92 Å². The number of benzene rings is 1. The predicted molar refractivity (Wildman–Crippen MR) is 71.4 cm³/mol. The highest BCUT2D eigenvalue weighted by atomic mass is 79.9. The Labute approximate surface area is 110 Å². The van der Waals surface area contributed by atoms with Crippen LogP contribution in [-0.4, -0.2) is 11.1 Å². The van der Waals surface area contributed by atoms with Gasteiger partial charge in [-0.2, -0.15) is 0 Å². The Morgan fingerprint density at radius 1 is 1.29 bits per heavy atom. The van der Waals surface area contributed by atoms with E-state index < -0.39 is 5.97 Å². The summed E-state index contributed by atoms with van der Waals surface area (Å²) in [6.45, 7) is 0. The Hall–Kier alpha value is -0.830. The molecule has 0 heterocycles. The van der Waals surface area contributed by atoms with Gasteiger partial charge in [0.2, 0.25) is 0 Å². The van der Waals surface area contributed by atoms with Gasteiger partial charge in [0.15, 0.2) is 0 Å². The van der Waals surface area contributed by atoms with Gasteiger partial charge < -0.3 is 5.11 Å². The summed E-state index contributed by atoms with van der Waals surface area (Å²) in [6.07, 6.45) is 4.45. The molecule has 1 aliphatic rings. The van der Waals surface area contributed by atoms with Gasteiger partial charge in [-0.3, -0.25) is 4.79 Å². The maximum absolute atomic E-state index is 11.4. The average Bonchev–Trinajstić information content (AvgIpc) is 2.83. The Morgan fingerprint density at radius 2 is 1.88 bits per heavy atom. The van der Waals surface area contributed by atoms with Crippen molar-refractivity contribution in [3.8, 4) is 0 Å². The standard InChI is InChI=1S/C14H17BrO2/c15-9-10-5-7-12(8-6-10)13(14(16)17)11-3-1-2-4-11/h5-8,11,13H,1-4,9H2,(H,16,17)/t13-/m0/s1. The van der Waals surface area contributed by atoms with Crippen molar-refractivity contribution < 1.29 is 9.90 Å². The van der Waals surface area contributed by atoms with Crippen LogP contribution in [0.2, 0.25) is 0 Å². The summed E-state index contributed by atoms with van der Waals surface area (Å²) < 4.78 is 0. The van der Waals surface area contributed by atoms with Crippen LogP contribution in [0.5, 0.6) is 0 Å². The van der Waals surface area contributed by atoms with Gasteiger partial charge in [-0.05, 0) is 29.9 Å². The molecule has 0 saturated heterocycles. The number of hydrogen-bond acceptors (Lipinski definition) is 1. The summed E-state index contributed by atoms with van der Waals surface area (Å²) in [5, 5.41) is 10.2. The van der Waals surface area contributed by atoms with Crippen molar-refractivity contribution in [3.63, 3.8) is 0 Å². The molecule has 1 aromatic rings. The zero-order valence-electron chi connectivity index (χ0n) is 9.73. The molecule has 3 heteroatoms. The van der Waals surface area contributed by atoms with Crippen LogP contribution in [0.15, 0.2) is 24.3 Å². The van der Waals surface area contributed by atoms with Crippen LogP contribution in [0, 0.1) is 5.92 Å². The zero-order chi connectivity index (χ0) is 12.3. The molecule has 1 aromatic carbocycles. The van der Waals surface area contributed by atoms with Crippen molar-refractivity contribution in [3.05, 3.63) is 35.4 Å². The normalized spacial score (nSPS) is 18.2. The molecule has 92 valence electrons. The molecule has 0 radical (unpaired) electrons. The first-order chi connectivity index (χ1) is 8.22. The Bertz CT molecular complexity index is 380. The third-order valence-corrected chi connectivity index (χ3v) is 4.28. The van der Waals surface area contributed by atoms with Gasteiger partial charge in [0.05, 0.1) is 5.92 Å². The third kappa shape index (κ3) is 2.89. The van der Waals surface area contributed by atoms with Crippen LogP contribution in [0.1, 0.15) is 42.7 Å². The van der Waals surface area contributed by atoms with Gasteiger partial charge in [-0.15, -0.1) is 0 Å². The summed E-state index contributed by atoms with van der Waals surface area (Å²) in [5.74, 6) is -0.673. The van der Waals surface area contributed by atoms with Gasteiger partial charge in [-0.1, -0.05) is 53.0 Å². The molecule has 0 unspecified atom stereocenters. The van der Waals surface area contributed by atoms with E-state index in [0.717, 1.165) is 23.7 Å². The highest BCUT2D eigenvalue weighted by Gasteiger charge is 2.31. The Kier molecular flexibility index (Phi) is 4.21. The minimum atomic E-state index is -0.677. The molecule has 0 spiro atoms. The van der Waals surface area contributed by atoms with Crippen molar-refractivity contribution in [1.29, 1.82) is 0 Å². The van der Waals surface area contributed by atoms with Gasteiger partial charge in [0, 0.05) is 5.33 Å². The number of alkyl halides is 1. The molecule has 1 atom stereocenters. The molecular weight excluding hydrogens is 280 g/mol. The number of carbonyl (C=O) groups is 1. The van der Waals surface area contributed by atoms with Crippen LogP contribution < -0.4 is 0 Å². The minimum Gasteiger partial charge on any atom is -0.481 e. The number of hydrogen-bond donors (Lipinski definition) is 1. The summed E-state index contributed by atoms with van der Waals surface area (Å²) in [7, 11) is 0. The Morgan fingerprint density at radius 3 is 2.35 bits per heavy atom. The molecule has 0 bridgehead atoms. The lowest BCUT2D eigenvalue weighted by atomic mass is 9.85.